The molecule has 0 unspecified atom stereocenters. The van der Waals surface area contributed by atoms with Crippen molar-refractivity contribution in [2.45, 2.75) is 63.8 Å². The predicted octanol–water partition coefficient (Wildman–Crippen LogP) is 2.49. The fourth-order valence-electron chi connectivity index (χ4n) is 3.14. The van der Waals surface area contributed by atoms with E-state index in [-0.39, 0.29) is 5.91 Å². The zero-order chi connectivity index (χ0) is 13.5. The van der Waals surface area contributed by atoms with Gasteiger partial charge in [0.15, 0.2) is 5.82 Å². The quantitative estimate of drug-likeness (QED) is 0.909. The number of aromatic nitrogens is 2. The van der Waals surface area contributed by atoms with Crippen LogP contribution in [0, 0.1) is 5.92 Å². The first-order valence-corrected chi connectivity index (χ1v) is 7.23. The van der Waals surface area contributed by atoms with E-state index in [2.05, 4.69) is 22.4 Å². The minimum atomic E-state index is -0.399. The largest absolute Gasteiger partial charge is 0.343 e. The van der Waals surface area contributed by atoms with Crippen LogP contribution < -0.4 is 5.32 Å². The summed E-state index contributed by atoms with van der Waals surface area (Å²) in [6.45, 7) is 3.75. The summed E-state index contributed by atoms with van der Waals surface area (Å²) in [5, 5.41) is 7.23. The van der Waals surface area contributed by atoms with E-state index in [4.69, 9.17) is 4.52 Å². The highest BCUT2D eigenvalue weighted by atomic mass is 16.5. The monoisotopic (exact) mass is 263 g/mol. The summed E-state index contributed by atoms with van der Waals surface area (Å²) in [6.07, 6.45) is 6.37. The number of carbonyl (C=O) groups is 1. The molecule has 0 aliphatic heterocycles. The van der Waals surface area contributed by atoms with E-state index in [0.29, 0.717) is 17.7 Å². The smallest absolute Gasteiger partial charge is 0.230 e. The molecule has 1 amide bonds. The van der Waals surface area contributed by atoms with Crippen molar-refractivity contribution in [3.8, 4) is 0 Å². The first kappa shape index (κ1) is 12.6. The molecule has 5 heteroatoms. The normalized spacial score (nSPS) is 28.9. The molecule has 19 heavy (non-hydrogen) atoms. The van der Waals surface area contributed by atoms with Crippen LogP contribution in [0.4, 0.5) is 0 Å². The number of hydrogen-bond acceptors (Lipinski definition) is 4. The molecule has 2 atom stereocenters. The van der Waals surface area contributed by atoms with Crippen LogP contribution in [-0.4, -0.2) is 16.0 Å². The number of amides is 1. The van der Waals surface area contributed by atoms with E-state index >= 15 is 0 Å². The van der Waals surface area contributed by atoms with Crippen molar-refractivity contribution in [1.82, 2.24) is 15.5 Å². The third-order valence-corrected chi connectivity index (χ3v) is 4.42. The highest BCUT2D eigenvalue weighted by Crippen LogP contribution is 2.47. The molecule has 0 spiro atoms. The number of nitrogens with one attached hydrogen (secondary N) is 1. The lowest BCUT2D eigenvalue weighted by Crippen LogP contribution is -2.47. The van der Waals surface area contributed by atoms with Crippen LogP contribution in [0.25, 0.3) is 0 Å². The van der Waals surface area contributed by atoms with Crippen LogP contribution in [0.2, 0.25) is 0 Å². The second kappa shape index (κ2) is 4.62. The Balaban J connectivity index is 1.86. The Hall–Kier alpha value is -1.39. The fourth-order valence-corrected chi connectivity index (χ4v) is 3.14. The van der Waals surface area contributed by atoms with Crippen molar-refractivity contribution in [3.63, 3.8) is 0 Å². The van der Waals surface area contributed by atoms with Gasteiger partial charge >= 0.3 is 0 Å². The summed E-state index contributed by atoms with van der Waals surface area (Å²) in [5.41, 5.74) is -0.399. The molecule has 2 aliphatic rings. The standard InChI is InChI=1S/C14H21N3O2/c1-9-8-11(9)12-15-13(17-19-12)14(16-10(2)18)6-4-3-5-7-14/h9,11H,3-8H2,1-2H3,(H,16,18)/t9-,11+/m0/s1. The molecule has 0 bridgehead atoms. The lowest BCUT2D eigenvalue weighted by atomic mass is 9.81. The van der Waals surface area contributed by atoms with Crippen molar-refractivity contribution in [3.05, 3.63) is 11.7 Å². The first-order chi connectivity index (χ1) is 9.11. The maximum atomic E-state index is 11.5. The Bertz CT molecular complexity index is 477. The van der Waals surface area contributed by atoms with Gasteiger partial charge in [-0.25, -0.2) is 0 Å². The Kier molecular flexibility index (Phi) is 3.07. The van der Waals surface area contributed by atoms with E-state index in [1.807, 2.05) is 0 Å². The fraction of sp³-hybridized carbons (Fsp3) is 0.786. The second-order valence-corrected chi connectivity index (χ2v) is 6.10. The van der Waals surface area contributed by atoms with Gasteiger partial charge in [0.05, 0.1) is 0 Å². The molecule has 2 aliphatic carbocycles. The predicted molar refractivity (Wildman–Crippen MR) is 69.4 cm³/mol. The Labute approximate surface area is 113 Å². The number of hydrogen-bond donors (Lipinski definition) is 1. The molecule has 1 N–H and O–H groups in total. The molecule has 5 nitrogen and oxygen atoms in total. The van der Waals surface area contributed by atoms with Crippen molar-refractivity contribution >= 4 is 5.91 Å². The van der Waals surface area contributed by atoms with E-state index in [9.17, 15) is 4.79 Å². The van der Waals surface area contributed by atoms with Gasteiger partial charge in [0.2, 0.25) is 11.8 Å². The minimum absolute atomic E-state index is 0.0203. The molecular weight excluding hydrogens is 242 g/mol. The SMILES string of the molecule is CC(=O)NC1(c2noc([C@@H]3C[C@@H]3C)n2)CCCCC1. The Morgan fingerprint density at radius 3 is 2.63 bits per heavy atom. The molecule has 0 saturated heterocycles. The Morgan fingerprint density at radius 2 is 2.05 bits per heavy atom. The summed E-state index contributed by atoms with van der Waals surface area (Å²) < 4.78 is 5.41. The van der Waals surface area contributed by atoms with Crippen molar-refractivity contribution in [2.75, 3.05) is 0 Å². The highest BCUT2D eigenvalue weighted by molar-refractivity contribution is 5.74. The molecule has 2 saturated carbocycles. The summed E-state index contributed by atoms with van der Waals surface area (Å²) >= 11 is 0. The van der Waals surface area contributed by atoms with Crippen LogP contribution in [0.5, 0.6) is 0 Å². The third kappa shape index (κ3) is 2.38. The van der Waals surface area contributed by atoms with E-state index in [1.165, 1.54) is 6.42 Å². The van der Waals surface area contributed by atoms with Gasteiger partial charge in [-0.1, -0.05) is 31.3 Å². The average molecular weight is 263 g/mol. The number of nitrogens with zero attached hydrogens (tertiary/aromatic N) is 2. The maximum Gasteiger partial charge on any atom is 0.230 e. The van der Waals surface area contributed by atoms with Crippen LogP contribution >= 0.6 is 0 Å². The Morgan fingerprint density at radius 1 is 1.37 bits per heavy atom. The molecule has 1 aromatic rings. The number of carbonyl (C=O) groups excluding carboxylic acids is 1. The summed E-state index contributed by atoms with van der Waals surface area (Å²) in [4.78, 5) is 16.1. The minimum Gasteiger partial charge on any atom is -0.343 e. The second-order valence-electron chi connectivity index (χ2n) is 6.10. The van der Waals surface area contributed by atoms with Crippen molar-refractivity contribution < 1.29 is 9.32 Å². The zero-order valence-electron chi connectivity index (χ0n) is 11.6. The van der Waals surface area contributed by atoms with Crippen LogP contribution in [0.1, 0.15) is 70.0 Å². The van der Waals surface area contributed by atoms with Gasteiger partial charge < -0.3 is 9.84 Å². The van der Waals surface area contributed by atoms with Crippen LogP contribution in [0.15, 0.2) is 4.52 Å². The van der Waals surface area contributed by atoms with Gasteiger partial charge in [-0.3, -0.25) is 4.79 Å². The molecule has 104 valence electrons. The van der Waals surface area contributed by atoms with Crippen molar-refractivity contribution in [2.24, 2.45) is 5.92 Å². The molecule has 2 fully saturated rings. The van der Waals surface area contributed by atoms with Gasteiger partial charge in [0.1, 0.15) is 5.54 Å². The molecule has 0 radical (unpaired) electrons. The van der Waals surface area contributed by atoms with E-state index in [0.717, 1.165) is 38.0 Å². The molecular formula is C14H21N3O2. The lowest BCUT2D eigenvalue weighted by molar-refractivity contribution is -0.121. The molecule has 3 rings (SSSR count). The van der Waals surface area contributed by atoms with Gasteiger partial charge in [-0.05, 0) is 25.2 Å². The van der Waals surface area contributed by atoms with Gasteiger partial charge in [0, 0.05) is 12.8 Å². The molecule has 1 aromatic heterocycles. The highest BCUT2D eigenvalue weighted by Gasteiger charge is 2.43. The van der Waals surface area contributed by atoms with Gasteiger partial charge in [-0.15, -0.1) is 0 Å². The summed E-state index contributed by atoms with van der Waals surface area (Å²) in [6, 6.07) is 0. The van der Waals surface area contributed by atoms with Crippen molar-refractivity contribution in [1.29, 1.82) is 0 Å². The number of rotatable bonds is 3. The zero-order valence-corrected chi connectivity index (χ0v) is 11.6. The third-order valence-electron chi connectivity index (χ3n) is 4.42. The maximum absolute atomic E-state index is 11.5. The lowest BCUT2D eigenvalue weighted by Gasteiger charge is -2.34. The van der Waals surface area contributed by atoms with Gasteiger partial charge in [0.25, 0.3) is 0 Å². The average Bonchev–Trinajstić information content (AvgIpc) is 2.92. The topological polar surface area (TPSA) is 68.0 Å². The molecule has 0 aromatic carbocycles. The van der Waals surface area contributed by atoms with E-state index < -0.39 is 5.54 Å². The van der Waals surface area contributed by atoms with Crippen LogP contribution in [0.3, 0.4) is 0 Å². The summed E-state index contributed by atoms with van der Waals surface area (Å²) in [7, 11) is 0. The van der Waals surface area contributed by atoms with Gasteiger partial charge in [-0.2, -0.15) is 4.98 Å². The summed E-state index contributed by atoms with van der Waals surface area (Å²) in [5.74, 6) is 2.48. The first-order valence-electron chi connectivity index (χ1n) is 7.23. The van der Waals surface area contributed by atoms with Crippen LogP contribution in [-0.2, 0) is 10.3 Å². The van der Waals surface area contributed by atoms with E-state index in [1.54, 1.807) is 6.92 Å². The molecule has 1 heterocycles.